The number of H-pyrrole nitrogens is 1. The van der Waals surface area contributed by atoms with E-state index < -0.39 is 47.0 Å². The number of primary amides is 1. The van der Waals surface area contributed by atoms with Crippen LogP contribution in [0.1, 0.15) is 27.6 Å². The smallest absolute Gasteiger partial charge is 0.342 e. The van der Waals surface area contributed by atoms with Gasteiger partial charge in [-0.25, -0.2) is 9.59 Å². The maximum atomic E-state index is 12.1. The van der Waals surface area contributed by atoms with Crippen LogP contribution in [-0.2, 0) is 4.79 Å². The number of hydrogen-bond acceptors (Lipinski definition) is 7. The molecule has 0 unspecified atom stereocenters. The summed E-state index contributed by atoms with van der Waals surface area (Å²) >= 11 is 0. The summed E-state index contributed by atoms with van der Waals surface area (Å²) in [6, 6.07) is 3.93. The maximum Gasteiger partial charge on any atom is 0.342 e. The summed E-state index contributed by atoms with van der Waals surface area (Å²) in [7, 11) is 0. The molecule has 0 saturated carbocycles. The van der Waals surface area contributed by atoms with Gasteiger partial charge in [0.2, 0.25) is 0 Å². The number of carboxylic acid groups (broad SMARTS) is 2. The first-order valence-electron chi connectivity index (χ1n) is 7.88. The van der Waals surface area contributed by atoms with Gasteiger partial charge in [0.1, 0.15) is 16.9 Å². The third kappa shape index (κ3) is 4.03. The summed E-state index contributed by atoms with van der Waals surface area (Å²) < 4.78 is 10.6. The third-order valence-electron chi connectivity index (χ3n) is 3.57. The van der Waals surface area contributed by atoms with Crippen molar-refractivity contribution in [3.63, 3.8) is 0 Å². The minimum atomic E-state index is -1.63. The van der Waals surface area contributed by atoms with E-state index in [0.29, 0.717) is 0 Å². The van der Waals surface area contributed by atoms with Gasteiger partial charge in [0.05, 0.1) is 6.61 Å². The molecule has 0 bridgehead atoms. The van der Waals surface area contributed by atoms with Crippen molar-refractivity contribution in [2.75, 3.05) is 18.9 Å². The third-order valence-corrected chi connectivity index (χ3v) is 3.57. The van der Waals surface area contributed by atoms with E-state index in [-0.39, 0.29) is 29.2 Å². The number of amides is 1. The fourth-order valence-corrected chi connectivity index (χ4v) is 2.54. The SMILES string of the molecule is CCOc1cc(-c2c(C(=O)O)c(N)[nH]c(=O)c2C(=O)O)ccc1OCC(N)=O. The van der Waals surface area contributed by atoms with Crippen LogP contribution in [0.2, 0.25) is 0 Å². The van der Waals surface area contributed by atoms with Crippen molar-refractivity contribution in [1.82, 2.24) is 4.98 Å². The molecule has 0 aliphatic rings. The lowest BCUT2D eigenvalue weighted by Crippen LogP contribution is -2.24. The molecule has 1 aromatic carbocycles. The van der Waals surface area contributed by atoms with Gasteiger partial charge in [-0.2, -0.15) is 0 Å². The standard InChI is InChI=1S/C17H17N3O8/c1-2-27-9-5-7(3-4-8(9)28-6-10(18)21)11-12(16(23)24)14(19)20-15(22)13(11)17(25)26/h3-5H,2,6H2,1H3,(H2,18,21)(H,23,24)(H,25,26)(H3,19,20,22). The van der Waals surface area contributed by atoms with Crippen LogP contribution >= 0.6 is 0 Å². The second-order valence-corrected chi connectivity index (χ2v) is 5.45. The molecule has 2 aromatic rings. The minimum absolute atomic E-state index is 0.0440. The number of hydrogen-bond donors (Lipinski definition) is 5. The maximum absolute atomic E-state index is 12.1. The number of aromatic amines is 1. The fourth-order valence-electron chi connectivity index (χ4n) is 2.54. The number of aromatic carboxylic acids is 2. The number of aromatic nitrogens is 1. The van der Waals surface area contributed by atoms with E-state index in [2.05, 4.69) is 0 Å². The van der Waals surface area contributed by atoms with Crippen molar-refractivity contribution in [3.8, 4) is 22.6 Å². The van der Waals surface area contributed by atoms with Gasteiger partial charge in [0.15, 0.2) is 18.1 Å². The Morgan fingerprint density at radius 3 is 2.25 bits per heavy atom. The normalized spacial score (nSPS) is 10.3. The fraction of sp³-hybridized carbons (Fsp3) is 0.176. The van der Waals surface area contributed by atoms with Crippen molar-refractivity contribution in [1.29, 1.82) is 0 Å². The van der Waals surface area contributed by atoms with Crippen LogP contribution in [-0.4, -0.2) is 46.3 Å². The average molecular weight is 391 g/mol. The van der Waals surface area contributed by atoms with Crippen molar-refractivity contribution in [2.45, 2.75) is 6.92 Å². The number of ether oxygens (including phenoxy) is 2. The second kappa shape index (κ2) is 8.12. The Labute approximate surface area is 157 Å². The number of nitrogens with two attached hydrogens (primary N) is 2. The predicted octanol–water partition coefficient (Wildman–Crippen LogP) is 0.283. The lowest BCUT2D eigenvalue weighted by molar-refractivity contribution is -0.119. The Kier molecular flexibility index (Phi) is 5.88. The number of carbonyl (C=O) groups is 3. The van der Waals surface area contributed by atoms with Crippen LogP contribution in [0.4, 0.5) is 5.82 Å². The predicted molar refractivity (Wildman–Crippen MR) is 96.7 cm³/mol. The summed E-state index contributed by atoms with van der Waals surface area (Å²) in [4.78, 5) is 48.3. The highest BCUT2D eigenvalue weighted by atomic mass is 16.5. The molecule has 1 aromatic heterocycles. The van der Waals surface area contributed by atoms with Gasteiger partial charge in [0.25, 0.3) is 11.5 Å². The summed E-state index contributed by atoms with van der Waals surface area (Å²) in [6.07, 6.45) is 0. The number of rotatable bonds is 8. The number of nitrogens with one attached hydrogen (secondary N) is 1. The molecule has 0 aliphatic heterocycles. The van der Waals surface area contributed by atoms with Crippen molar-refractivity contribution in [2.24, 2.45) is 5.73 Å². The van der Waals surface area contributed by atoms with E-state index in [1.165, 1.54) is 18.2 Å². The van der Waals surface area contributed by atoms with Crippen molar-refractivity contribution in [3.05, 3.63) is 39.7 Å². The van der Waals surface area contributed by atoms with E-state index >= 15 is 0 Å². The van der Waals surface area contributed by atoms with Gasteiger partial charge in [0, 0.05) is 5.56 Å². The van der Waals surface area contributed by atoms with Gasteiger partial charge in [-0.15, -0.1) is 0 Å². The van der Waals surface area contributed by atoms with Gasteiger partial charge in [-0.1, -0.05) is 6.07 Å². The molecule has 0 atom stereocenters. The Balaban J connectivity index is 2.78. The Morgan fingerprint density at radius 1 is 1.07 bits per heavy atom. The minimum Gasteiger partial charge on any atom is -0.490 e. The summed E-state index contributed by atoms with van der Waals surface area (Å²) in [5, 5.41) is 18.9. The number of nitrogen functional groups attached to an aromatic ring is 1. The lowest BCUT2D eigenvalue weighted by atomic mass is 9.95. The van der Waals surface area contributed by atoms with Crippen molar-refractivity contribution < 1.29 is 34.1 Å². The first kappa shape index (κ1) is 20.3. The molecule has 0 fully saturated rings. The van der Waals surface area contributed by atoms with Gasteiger partial charge in [-0.05, 0) is 24.6 Å². The summed E-state index contributed by atoms with van der Waals surface area (Å²) in [6.45, 7) is 1.42. The average Bonchev–Trinajstić information content (AvgIpc) is 2.59. The molecular formula is C17H17N3O8. The topological polar surface area (TPSA) is 195 Å². The first-order valence-corrected chi connectivity index (χ1v) is 7.88. The largest absolute Gasteiger partial charge is 0.490 e. The van der Waals surface area contributed by atoms with E-state index in [1.54, 1.807) is 6.92 Å². The van der Waals surface area contributed by atoms with Gasteiger partial charge < -0.3 is 36.1 Å². The van der Waals surface area contributed by atoms with E-state index in [9.17, 15) is 29.4 Å². The molecule has 11 heteroatoms. The Hall–Kier alpha value is -4.02. The zero-order valence-electron chi connectivity index (χ0n) is 14.6. The second-order valence-electron chi connectivity index (χ2n) is 5.45. The number of pyridine rings is 1. The number of anilines is 1. The zero-order chi connectivity index (χ0) is 21.0. The number of carbonyl (C=O) groups excluding carboxylic acids is 1. The molecular weight excluding hydrogens is 374 g/mol. The molecule has 0 aliphatic carbocycles. The summed E-state index contributed by atoms with van der Waals surface area (Å²) in [5.74, 6) is -4.17. The van der Waals surface area contributed by atoms with Crippen molar-refractivity contribution >= 4 is 23.7 Å². The molecule has 0 saturated heterocycles. The summed E-state index contributed by atoms with van der Waals surface area (Å²) in [5.41, 5.74) is 7.87. The molecule has 0 radical (unpaired) electrons. The van der Waals surface area contributed by atoms with Crippen LogP contribution < -0.4 is 26.5 Å². The van der Waals surface area contributed by atoms with Crippen LogP contribution in [0.15, 0.2) is 23.0 Å². The van der Waals surface area contributed by atoms with E-state index in [1.807, 2.05) is 4.98 Å². The first-order chi connectivity index (χ1) is 13.2. The van der Waals surface area contributed by atoms with E-state index in [4.69, 9.17) is 20.9 Å². The van der Waals surface area contributed by atoms with E-state index in [0.717, 1.165) is 0 Å². The monoisotopic (exact) mass is 391 g/mol. The highest BCUT2D eigenvalue weighted by Gasteiger charge is 2.27. The van der Waals surface area contributed by atoms with Crippen LogP contribution in [0.3, 0.4) is 0 Å². The van der Waals surface area contributed by atoms with Crippen LogP contribution in [0.25, 0.3) is 11.1 Å². The van der Waals surface area contributed by atoms with Crippen LogP contribution in [0.5, 0.6) is 11.5 Å². The Bertz CT molecular complexity index is 1010. The molecule has 1 amide bonds. The quantitative estimate of drug-likeness (QED) is 0.420. The molecule has 2 rings (SSSR count). The van der Waals surface area contributed by atoms with Crippen LogP contribution in [0, 0.1) is 0 Å². The number of carboxylic acids is 2. The molecule has 7 N–H and O–H groups in total. The van der Waals surface area contributed by atoms with Gasteiger partial charge in [-0.3, -0.25) is 9.59 Å². The zero-order valence-corrected chi connectivity index (χ0v) is 14.6. The van der Waals surface area contributed by atoms with Gasteiger partial charge >= 0.3 is 11.9 Å². The highest BCUT2D eigenvalue weighted by molar-refractivity contribution is 6.07. The molecule has 11 nitrogen and oxygen atoms in total. The molecule has 148 valence electrons. The molecule has 28 heavy (non-hydrogen) atoms. The Morgan fingerprint density at radius 2 is 1.71 bits per heavy atom. The number of benzene rings is 1. The lowest BCUT2D eigenvalue weighted by Gasteiger charge is -2.15. The highest BCUT2D eigenvalue weighted by Crippen LogP contribution is 2.36. The molecule has 0 spiro atoms. The molecule has 1 heterocycles.